The van der Waals surface area contributed by atoms with Crippen molar-refractivity contribution in [2.45, 2.75) is 0 Å². The molecule has 0 aliphatic heterocycles. The zero-order valence-corrected chi connectivity index (χ0v) is 13.3. The van der Waals surface area contributed by atoms with Crippen LogP contribution in [0.4, 0.5) is 5.69 Å². The number of hydrogen-bond acceptors (Lipinski definition) is 5. The number of nitro benzene ring substituents is 1. The maximum atomic E-state index is 10.7. The first-order valence-electron chi connectivity index (χ1n) is 5.88. The van der Waals surface area contributed by atoms with Gasteiger partial charge in [0.2, 0.25) is 0 Å². The second-order valence-corrected chi connectivity index (χ2v) is 5.45. The molecule has 0 fully saturated rings. The lowest BCUT2D eigenvalue weighted by molar-refractivity contribution is -0.384. The molecule has 0 radical (unpaired) electrons. The van der Waals surface area contributed by atoms with E-state index in [2.05, 4.69) is 15.9 Å². The molecule has 2 rings (SSSR count). The Morgan fingerprint density at radius 2 is 2.18 bits per heavy atom. The molecule has 0 saturated carbocycles. The first-order chi connectivity index (χ1) is 10.4. The molecule has 0 unspecified atom stereocenters. The smallest absolute Gasteiger partial charge is 0.270 e. The summed E-state index contributed by atoms with van der Waals surface area (Å²) in [5.41, 5.74) is 6.17. The van der Waals surface area contributed by atoms with Crippen molar-refractivity contribution < 1.29 is 9.34 Å². The summed E-state index contributed by atoms with van der Waals surface area (Å²) in [5.74, 6) is 0.901. The fourth-order valence-electron chi connectivity index (χ4n) is 1.69. The van der Waals surface area contributed by atoms with Crippen molar-refractivity contribution in [2.75, 3.05) is 0 Å². The van der Waals surface area contributed by atoms with Gasteiger partial charge in [-0.25, -0.2) is 0 Å². The standard InChI is InChI=1S/C14H8BrN3O3S/c15-12-6-9(18(19)20)1-3-11(12)13-4-2-10(21-13)5-8(7-16)14(17)22/h1-6H,(H2,17,22)/b8-5+. The van der Waals surface area contributed by atoms with Crippen LogP contribution in [0.25, 0.3) is 17.4 Å². The van der Waals surface area contributed by atoms with Crippen LogP contribution in [0.15, 0.2) is 44.8 Å². The van der Waals surface area contributed by atoms with E-state index in [4.69, 9.17) is 27.6 Å². The second kappa shape index (κ2) is 6.51. The van der Waals surface area contributed by atoms with Crippen molar-refractivity contribution in [1.82, 2.24) is 0 Å². The highest BCUT2D eigenvalue weighted by Gasteiger charge is 2.13. The predicted octanol–water partition coefficient (Wildman–Crippen LogP) is 3.81. The third kappa shape index (κ3) is 3.39. The Bertz CT molecular complexity index is 836. The van der Waals surface area contributed by atoms with E-state index in [-0.39, 0.29) is 16.2 Å². The second-order valence-electron chi connectivity index (χ2n) is 4.16. The van der Waals surface area contributed by atoms with Gasteiger partial charge in [-0.1, -0.05) is 12.2 Å². The van der Waals surface area contributed by atoms with Crippen LogP contribution >= 0.6 is 28.1 Å². The normalized spacial score (nSPS) is 11.0. The summed E-state index contributed by atoms with van der Waals surface area (Å²) in [4.78, 5) is 10.2. The monoisotopic (exact) mass is 377 g/mol. The van der Waals surface area contributed by atoms with E-state index in [1.165, 1.54) is 18.2 Å². The van der Waals surface area contributed by atoms with Crippen LogP contribution < -0.4 is 5.73 Å². The average Bonchev–Trinajstić information content (AvgIpc) is 2.92. The fourth-order valence-corrected chi connectivity index (χ4v) is 2.36. The predicted molar refractivity (Wildman–Crippen MR) is 88.9 cm³/mol. The van der Waals surface area contributed by atoms with Gasteiger partial charge in [0.1, 0.15) is 22.6 Å². The molecule has 0 atom stereocenters. The highest BCUT2D eigenvalue weighted by molar-refractivity contribution is 9.10. The Kier molecular flexibility index (Phi) is 4.70. The van der Waals surface area contributed by atoms with Gasteiger partial charge >= 0.3 is 0 Å². The van der Waals surface area contributed by atoms with Gasteiger partial charge in [0.15, 0.2) is 0 Å². The molecule has 0 saturated heterocycles. The van der Waals surface area contributed by atoms with Crippen molar-refractivity contribution in [1.29, 1.82) is 5.26 Å². The Hall–Kier alpha value is -2.50. The Balaban J connectivity index is 2.39. The summed E-state index contributed by atoms with van der Waals surface area (Å²) < 4.78 is 6.12. The highest BCUT2D eigenvalue weighted by Crippen LogP contribution is 2.32. The number of rotatable bonds is 4. The van der Waals surface area contributed by atoms with Crippen LogP contribution in [0.5, 0.6) is 0 Å². The summed E-state index contributed by atoms with van der Waals surface area (Å²) in [6, 6.07) is 9.57. The van der Waals surface area contributed by atoms with Crippen molar-refractivity contribution in [3.8, 4) is 17.4 Å². The van der Waals surface area contributed by atoms with Gasteiger partial charge in [-0.05, 0) is 34.1 Å². The van der Waals surface area contributed by atoms with Gasteiger partial charge in [-0.2, -0.15) is 5.26 Å². The van der Waals surface area contributed by atoms with Crippen LogP contribution in [-0.4, -0.2) is 9.91 Å². The van der Waals surface area contributed by atoms with E-state index < -0.39 is 4.92 Å². The molecular weight excluding hydrogens is 370 g/mol. The van der Waals surface area contributed by atoms with Gasteiger partial charge in [0.25, 0.3) is 5.69 Å². The molecule has 0 amide bonds. The third-order valence-corrected chi connectivity index (χ3v) is 3.60. The Labute approximate surface area is 139 Å². The fraction of sp³-hybridized carbons (Fsp3) is 0. The number of thiocarbonyl (C=S) groups is 1. The minimum atomic E-state index is -0.480. The van der Waals surface area contributed by atoms with Crippen LogP contribution in [0.3, 0.4) is 0 Å². The van der Waals surface area contributed by atoms with Gasteiger partial charge in [-0.15, -0.1) is 0 Å². The summed E-state index contributed by atoms with van der Waals surface area (Å²) >= 11 is 8.03. The molecule has 1 heterocycles. The molecule has 1 aromatic heterocycles. The van der Waals surface area contributed by atoms with Gasteiger partial charge in [0, 0.05) is 28.2 Å². The maximum Gasteiger partial charge on any atom is 0.270 e. The third-order valence-electron chi connectivity index (χ3n) is 2.73. The number of benzene rings is 1. The summed E-state index contributed by atoms with van der Waals surface area (Å²) in [7, 11) is 0. The highest BCUT2D eigenvalue weighted by atomic mass is 79.9. The average molecular weight is 378 g/mol. The zero-order chi connectivity index (χ0) is 16.3. The number of hydrogen-bond donors (Lipinski definition) is 1. The number of furan rings is 1. The van der Waals surface area contributed by atoms with Gasteiger partial charge in [-0.3, -0.25) is 10.1 Å². The van der Waals surface area contributed by atoms with Crippen LogP contribution in [0.1, 0.15) is 5.76 Å². The van der Waals surface area contributed by atoms with Crippen LogP contribution in [-0.2, 0) is 0 Å². The maximum absolute atomic E-state index is 10.7. The number of nitro groups is 1. The largest absolute Gasteiger partial charge is 0.457 e. The molecule has 0 bridgehead atoms. The molecule has 1 aromatic carbocycles. The lowest BCUT2D eigenvalue weighted by Crippen LogP contribution is -2.09. The lowest BCUT2D eigenvalue weighted by Gasteiger charge is -2.01. The van der Waals surface area contributed by atoms with E-state index in [9.17, 15) is 10.1 Å². The SMILES string of the molecule is N#C/C(=C\c1ccc(-c2ccc([N+](=O)[O-])cc2Br)o1)C(N)=S. The summed E-state index contributed by atoms with van der Waals surface area (Å²) in [6.07, 6.45) is 1.44. The Morgan fingerprint density at radius 1 is 1.45 bits per heavy atom. The van der Waals surface area contributed by atoms with Crippen molar-refractivity contribution >= 4 is 44.9 Å². The molecule has 0 aliphatic rings. The molecule has 2 aromatic rings. The molecule has 22 heavy (non-hydrogen) atoms. The van der Waals surface area contributed by atoms with Crippen molar-refractivity contribution in [2.24, 2.45) is 5.73 Å². The number of nitrogens with two attached hydrogens (primary N) is 1. The Morgan fingerprint density at radius 3 is 2.73 bits per heavy atom. The molecule has 8 heteroatoms. The minimum absolute atomic E-state index is 0.0167. The van der Waals surface area contributed by atoms with Crippen LogP contribution in [0, 0.1) is 21.4 Å². The van der Waals surface area contributed by atoms with Gasteiger partial charge in [0.05, 0.1) is 10.5 Å². The molecule has 0 spiro atoms. The molecule has 2 N–H and O–H groups in total. The first-order valence-corrected chi connectivity index (χ1v) is 7.08. The first kappa shape index (κ1) is 15.9. The van der Waals surface area contributed by atoms with E-state index in [0.29, 0.717) is 21.6 Å². The number of nitriles is 1. The number of nitrogens with zero attached hydrogens (tertiary/aromatic N) is 2. The molecule has 6 nitrogen and oxygen atoms in total. The summed E-state index contributed by atoms with van der Waals surface area (Å²) in [6.45, 7) is 0. The molecular formula is C14H8BrN3O3S. The zero-order valence-electron chi connectivity index (χ0n) is 10.9. The number of non-ortho nitro benzene ring substituents is 1. The van der Waals surface area contributed by atoms with E-state index in [1.807, 2.05) is 6.07 Å². The van der Waals surface area contributed by atoms with Gasteiger partial charge < -0.3 is 10.2 Å². The van der Waals surface area contributed by atoms with E-state index >= 15 is 0 Å². The number of halogens is 1. The minimum Gasteiger partial charge on any atom is -0.457 e. The molecule has 0 aliphatic carbocycles. The van der Waals surface area contributed by atoms with E-state index in [0.717, 1.165) is 0 Å². The van der Waals surface area contributed by atoms with Crippen molar-refractivity contribution in [3.05, 3.63) is 56.3 Å². The topological polar surface area (TPSA) is 106 Å². The summed E-state index contributed by atoms with van der Waals surface area (Å²) in [5, 5.41) is 19.6. The molecule has 110 valence electrons. The van der Waals surface area contributed by atoms with Crippen molar-refractivity contribution in [3.63, 3.8) is 0 Å². The quantitative estimate of drug-likeness (QED) is 0.285. The van der Waals surface area contributed by atoms with E-state index in [1.54, 1.807) is 18.2 Å². The lowest BCUT2D eigenvalue weighted by atomic mass is 10.1. The van der Waals surface area contributed by atoms with Crippen LogP contribution in [0.2, 0.25) is 0 Å².